The molecule has 0 saturated carbocycles. The second kappa shape index (κ2) is 7.69. The lowest BCUT2D eigenvalue weighted by Gasteiger charge is -2.13. The van der Waals surface area contributed by atoms with E-state index in [0.29, 0.717) is 0 Å². The molecule has 0 N–H and O–H groups in total. The van der Waals surface area contributed by atoms with Crippen molar-refractivity contribution >= 4 is 54.3 Å². The Kier molecular flexibility index (Phi) is 4.11. The molecule has 0 spiro atoms. The second-order valence-electron chi connectivity index (χ2n) is 10.5. The lowest BCUT2D eigenvalue weighted by atomic mass is 9.88. The van der Waals surface area contributed by atoms with Crippen LogP contribution in [-0.4, -0.2) is 0 Å². The van der Waals surface area contributed by atoms with E-state index in [0.717, 1.165) is 16.7 Å². The van der Waals surface area contributed by atoms with Crippen molar-refractivity contribution in [3.05, 3.63) is 133 Å². The first-order chi connectivity index (χ1) is 19.3. The SMILES string of the molecule is c1ccc(-c2ccc(-c3ccc(-c4ccc5c6cccc7ccc8ccc9oc4c5c9c8c76)cc3)cc2)cc1. The molecule has 180 valence electrons. The third-order valence-corrected chi connectivity index (χ3v) is 8.42. The minimum atomic E-state index is 0.961. The molecule has 0 aliphatic carbocycles. The molecule has 0 unspecified atom stereocenters. The molecule has 8 aromatic carbocycles. The van der Waals surface area contributed by atoms with E-state index in [-0.39, 0.29) is 0 Å². The Morgan fingerprint density at radius 1 is 0.333 bits per heavy atom. The fourth-order valence-electron chi connectivity index (χ4n) is 6.56. The number of benzene rings is 8. The quantitative estimate of drug-likeness (QED) is 0.176. The van der Waals surface area contributed by atoms with E-state index < -0.39 is 0 Å². The van der Waals surface area contributed by atoms with Crippen molar-refractivity contribution in [2.75, 3.05) is 0 Å². The Balaban J connectivity index is 1.19. The van der Waals surface area contributed by atoms with Crippen LogP contribution in [0.5, 0.6) is 0 Å². The summed E-state index contributed by atoms with van der Waals surface area (Å²) in [7, 11) is 0. The molecule has 9 rings (SSSR count). The topological polar surface area (TPSA) is 13.1 Å². The number of rotatable bonds is 3. The predicted octanol–water partition coefficient (Wildman–Crippen LogP) is 10.9. The highest BCUT2D eigenvalue weighted by molar-refractivity contribution is 6.39. The molecule has 0 aliphatic heterocycles. The van der Waals surface area contributed by atoms with Gasteiger partial charge < -0.3 is 4.42 Å². The normalized spacial score (nSPS) is 12.1. The van der Waals surface area contributed by atoms with E-state index in [2.05, 4.69) is 133 Å². The molecule has 39 heavy (non-hydrogen) atoms. The zero-order valence-electron chi connectivity index (χ0n) is 21.1. The number of fused-ring (bicyclic) bond motifs is 1. The van der Waals surface area contributed by atoms with Crippen LogP contribution in [0.4, 0.5) is 0 Å². The minimum Gasteiger partial charge on any atom is -0.455 e. The van der Waals surface area contributed by atoms with Gasteiger partial charge in [-0.3, -0.25) is 0 Å². The third kappa shape index (κ3) is 2.90. The van der Waals surface area contributed by atoms with Gasteiger partial charge in [0.2, 0.25) is 0 Å². The van der Waals surface area contributed by atoms with Gasteiger partial charge in [0.25, 0.3) is 0 Å². The van der Waals surface area contributed by atoms with Crippen LogP contribution in [0, 0.1) is 0 Å². The summed E-state index contributed by atoms with van der Waals surface area (Å²) in [6.07, 6.45) is 0. The van der Waals surface area contributed by atoms with Crippen LogP contribution in [0.1, 0.15) is 0 Å². The molecule has 1 aromatic heterocycles. The summed E-state index contributed by atoms with van der Waals surface area (Å²) in [5.74, 6) is 0. The first-order valence-corrected chi connectivity index (χ1v) is 13.4. The van der Waals surface area contributed by atoms with Crippen molar-refractivity contribution in [3.8, 4) is 33.4 Å². The van der Waals surface area contributed by atoms with Crippen molar-refractivity contribution in [1.82, 2.24) is 0 Å². The average molecular weight is 495 g/mol. The van der Waals surface area contributed by atoms with Gasteiger partial charge in [0.15, 0.2) is 0 Å². The lowest BCUT2D eigenvalue weighted by Crippen LogP contribution is -1.87. The van der Waals surface area contributed by atoms with Gasteiger partial charge in [0.05, 0.1) is 0 Å². The molecule has 0 radical (unpaired) electrons. The highest BCUT2D eigenvalue weighted by Crippen LogP contribution is 2.48. The van der Waals surface area contributed by atoms with Crippen LogP contribution < -0.4 is 0 Å². The molecule has 1 heteroatoms. The summed E-state index contributed by atoms with van der Waals surface area (Å²) in [5.41, 5.74) is 9.13. The fraction of sp³-hybridized carbons (Fsp3) is 0. The standard InChI is InChI=1S/C38H22O/c1-2-5-23(6-3-1)24-9-11-25(12-10-24)26-13-15-27(16-14-26)30-20-21-32-31-8-4-7-28-17-18-29-19-22-33-37(35(29)34(28)31)36(32)38(30)39-33/h1-22H. The number of furan rings is 1. The van der Waals surface area contributed by atoms with Gasteiger partial charge in [-0.2, -0.15) is 0 Å². The first-order valence-electron chi connectivity index (χ1n) is 13.4. The van der Waals surface area contributed by atoms with Crippen molar-refractivity contribution in [1.29, 1.82) is 0 Å². The highest BCUT2D eigenvalue weighted by atomic mass is 16.3. The molecule has 0 saturated heterocycles. The largest absolute Gasteiger partial charge is 0.455 e. The molecule has 1 nitrogen and oxygen atoms in total. The van der Waals surface area contributed by atoms with E-state index in [9.17, 15) is 0 Å². The molecule has 0 fully saturated rings. The maximum atomic E-state index is 6.64. The van der Waals surface area contributed by atoms with Crippen LogP contribution in [0.2, 0.25) is 0 Å². The monoisotopic (exact) mass is 494 g/mol. The molecule has 0 bridgehead atoms. The van der Waals surface area contributed by atoms with Gasteiger partial charge >= 0.3 is 0 Å². The van der Waals surface area contributed by atoms with E-state index in [1.165, 1.54) is 70.9 Å². The highest BCUT2D eigenvalue weighted by Gasteiger charge is 2.22. The molecule has 0 amide bonds. The van der Waals surface area contributed by atoms with Crippen molar-refractivity contribution < 1.29 is 4.42 Å². The molecule has 1 heterocycles. The van der Waals surface area contributed by atoms with Gasteiger partial charge in [0, 0.05) is 21.7 Å². The number of hydrogen-bond acceptors (Lipinski definition) is 1. The summed E-state index contributed by atoms with van der Waals surface area (Å²) >= 11 is 0. The van der Waals surface area contributed by atoms with E-state index in [4.69, 9.17) is 4.42 Å². The Morgan fingerprint density at radius 3 is 1.64 bits per heavy atom. The Bertz CT molecular complexity index is 2290. The minimum absolute atomic E-state index is 0.961. The van der Waals surface area contributed by atoms with Crippen LogP contribution >= 0.6 is 0 Å². The summed E-state index contributed by atoms with van der Waals surface area (Å²) in [6.45, 7) is 0. The van der Waals surface area contributed by atoms with E-state index in [1.807, 2.05) is 0 Å². The predicted molar refractivity (Wildman–Crippen MR) is 165 cm³/mol. The van der Waals surface area contributed by atoms with Gasteiger partial charge in [-0.05, 0) is 66.9 Å². The summed E-state index contributed by atoms with van der Waals surface area (Å²) < 4.78 is 6.64. The van der Waals surface area contributed by atoms with Crippen LogP contribution in [0.15, 0.2) is 138 Å². The smallest absolute Gasteiger partial charge is 0.143 e. The van der Waals surface area contributed by atoms with Crippen LogP contribution in [0.3, 0.4) is 0 Å². The van der Waals surface area contributed by atoms with Gasteiger partial charge in [-0.15, -0.1) is 0 Å². The van der Waals surface area contributed by atoms with Crippen LogP contribution in [-0.2, 0) is 0 Å². The van der Waals surface area contributed by atoms with Gasteiger partial charge in [-0.1, -0.05) is 121 Å². The Morgan fingerprint density at radius 2 is 0.923 bits per heavy atom. The maximum absolute atomic E-state index is 6.64. The summed E-state index contributed by atoms with van der Waals surface area (Å²) in [4.78, 5) is 0. The fourth-order valence-corrected chi connectivity index (χ4v) is 6.56. The molecule has 0 aliphatic rings. The Labute approximate surface area is 225 Å². The molecule has 9 aromatic rings. The second-order valence-corrected chi connectivity index (χ2v) is 10.5. The zero-order chi connectivity index (χ0) is 25.5. The van der Waals surface area contributed by atoms with Crippen LogP contribution in [0.25, 0.3) is 87.6 Å². The Hall–Kier alpha value is -5.14. The van der Waals surface area contributed by atoms with E-state index in [1.54, 1.807) is 0 Å². The molecular formula is C38H22O. The molecule has 0 atom stereocenters. The average Bonchev–Trinajstić information content (AvgIpc) is 3.41. The first kappa shape index (κ1) is 20.9. The van der Waals surface area contributed by atoms with Crippen molar-refractivity contribution in [2.24, 2.45) is 0 Å². The van der Waals surface area contributed by atoms with Gasteiger partial charge in [0.1, 0.15) is 11.2 Å². The lowest BCUT2D eigenvalue weighted by molar-refractivity contribution is 0.670. The summed E-state index contributed by atoms with van der Waals surface area (Å²) in [5, 5.41) is 10.3. The zero-order valence-corrected chi connectivity index (χ0v) is 21.1. The summed E-state index contributed by atoms with van der Waals surface area (Å²) in [6, 6.07) is 48.2. The maximum Gasteiger partial charge on any atom is 0.143 e. The molecular weight excluding hydrogens is 472 g/mol. The van der Waals surface area contributed by atoms with Crippen molar-refractivity contribution in [3.63, 3.8) is 0 Å². The third-order valence-electron chi connectivity index (χ3n) is 8.42. The van der Waals surface area contributed by atoms with Crippen molar-refractivity contribution in [2.45, 2.75) is 0 Å². The van der Waals surface area contributed by atoms with E-state index >= 15 is 0 Å². The number of hydrogen-bond donors (Lipinski definition) is 0. The van der Waals surface area contributed by atoms with Gasteiger partial charge in [-0.25, -0.2) is 0 Å².